The second-order valence-corrected chi connectivity index (χ2v) is 5.50. The summed E-state index contributed by atoms with van der Waals surface area (Å²) in [6, 6.07) is 4.08. The van der Waals surface area contributed by atoms with E-state index < -0.39 is 11.6 Å². The van der Waals surface area contributed by atoms with Crippen molar-refractivity contribution in [3.63, 3.8) is 0 Å². The summed E-state index contributed by atoms with van der Waals surface area (Å²) < 4.78 is 26.4. The highest BCUT2D eigenvalue weighted by Crippen LogP contribution is 2.28. The molecule has 1 atom stereocenters. The molecule has 0 bridgehead atoms. The number of hydrogen-bond acceptors (Lipinski definition) is 3. The molecule has 0 aliphatic carbocycles. The van der Waals surface area contributed by atoms with Crippen molar-refractivity contribution in [3.05, 3.63) is 29.8 Å². The van der Waals surface area contributed by atoms with Crippen molar-refractivity contribution in [3.8, 4) is 0 Å². The lowest BCUT2D eigenvalue weighted by molar-refractivity contribution is 0.512. The number of thioether (sulfide) groups is 1. The van der Waals surface area contributed by atoms with Gasteiger partial charge in [0.1, 0.15) is 0 Å². The van der Waals surface area contributed by atoms with Crippen LogP contribution in [0.2, 0.25) is 0 Å². The van der Waals surface area contributed by atoms with Crippen LogP contribution in [0.4, 0.5) is 14.5 Å². The Labute approximate surface area is 104 Å². The zero-order valence-electron chi connectivity index (χ0n) is 9.71. The summed E-state index contributed by atoms with van der Waals surface area (Å²) >= 11 is 1.58. The average molecular weight is 256 g/mol. The van der Waals surface area contributed by atoms with Crippen LogP contribution in [-0.4, -0.2) is 17.0 Å². The van der Waals surface area contributed by atoms with Crippen LogP contribution in [0.15, 0.2) is 23.2 Å². The van der Waals surface area contributed by atoms with Crippen LogP contribution >= 0.6 is 11.8 Å². The number of aliphatic imine (C=N–C) groups is 1. The predicted octanol–water partition coefficient (Wildman–Crippen LogP) is 3.50. The van der Waals surface area contributed by atoms with E-state index in [9.17, 15) is 8.78 Å². The Morgan fingerprint density at radius 2 is 2.18 bits per heavy atom. The van der Waals surface area contributed by atoms with Crippen molar-refractivity contribution in [1.82, 2.24) is 0 Å². The second kappa shape index (κ2) is 5.04. The summed E-state index contributed by atoms with van der Waals surface area (Å²) in [5, 5.41) is 3.90. The largest absolute Gasteiger partial charge is 0.332 e. The first-order chi connectivity index (χ1) is 8.08. The molecule has 0 amide bonds. The summed E-state index contributed by atoms with van der Waals surface area (Å²) in [5.41, 5.74) is 0.139. The van der Waals surface area contributed by atoms with Gasteiger partial charge in [-0.2, -0.15) is 0 Å². The molecule has 0 saturated heterocycles. The maximum atomic E-state index is 13.4. The Morgan fingerprint density at radius 1 is 1.41 bits per heavy atom. The van der Waals surface area contributed by atoms with Gasteiger partial charge < -0.3 is 5.32 Å². The van der Waals surface area contributed by atoms with Gasteiger partial charge >= 0.3 is 0 Å². The number of amidine groups is 1. The van der Waals surface area contributed by atoms with E-state index in [1.54, 1.807) is 11.8 Å². The molecule has 1 aliphatic rings. The van der Waals surface area contributed by atoms with Crippen molar-refractivity contribution in [1.29, 1.82) is 0 Å². The van der Waals surface area contributed by atoms with Crippen LogP contribution in [0, 0.1) is 17.6 Å². The highest BCUT2D eigenvalue weighted by Gasteiger charge is 2.23. The molecule has 5 heteroatoms. The van der Waals surface area contributed by atoms with Crippen LogP contribution in [0.1, 0.15) is 13.8 Å². The zero-order valence-corrected chi connectivity index (χ0v) is 10.5. The monoisotopic (exact) mass is 256 g/mol. The first-order valence-electron chi connectivity index (χ1n) is 5.50. The molecule has 2 nitrogen and oxygen atoms in total. The van der Waals surface area contributed by atoms with Crippen molar-refractivity contribution >= 4 is 22.6 Å². The highest BCUT2D eigenvalue weighted by atomic mass is 32.2. The highest BCUT2D eigenvalue weighted by molar-refractivity contribution is 8.15. The molecular formula is C12H14F2N2S. The van der Waals surface area contributed by atoms with E-state index in [-0.39, 0.29) is 5.69 Å². The molecule has 1 N–H and O–H groups in total. The standard InChI is InChI=1S/C12H14F2N2S/c1-7(2)10-6-15-12(17-10)16-9-5-3-4-8(13)11(9)14/h3-5,7,10H,6H2,1-2H3,(H,15,16). The van der Waals surface area contributed by atoms with Crippen LogP contribution in [-0.2, 0) is 0 Å². The molecule has 17 heavy (non-hydrogen) atoms. The number of halogens is 2. The van der Waals surface area contributed by atoms with Gasteiger partial charge in [0.15, 0.2) is 16.8 Å². The Kier molecular flexibility index (Phi) is 3.66. The number of nitrogens with zero attached hydrogens (tertiary/aromatic N) is 1. The van der Waals surface area contributed by atoms with Gasteiger partial charge in [-0.1, -0.05) is 31.7 Å². The van der Waals surface area contributed by atoms with E-state index in [2.05, 4.69) is 24.2 Å². The molecule has 2 rings (SSSR count). The number of hydrogen-bond donors (Lipinski definition) is 1. The lowest BCUT2D eigenvalue weighted by Crippen LogP contribution is -2.13. The van der Waals surface area contributed by atoms with Gasteiger partial charge in [0.25, 0.3) is 0 Å². The van der Waals surface area contributed by atoms with Gasteiger partial charge in [-0.25, -0.2) is 8.78 Å². The topological polar surface area (TPSA) is 24.4 Å². The van der Waals surface area contributed by atoms with E-state index in [0.717, 1.165) is 12.6 Å². The molecule has 1 aliphatic heterocycles. The van der Waals surface area contributed by atoms with Crippen molar-refractivity contribution in [2.24, 2.45) is 10.9 Å². The molecule has 0 saturated carbocycles. The minimum Gasteiger partial charge on any atom is -0.332 e. The van der Waals surface area contributed by atoms with Crippen LogP contribution in [0.25, 0.3) is 0 Å². The molecule has 0 spiro atoms. The van der Waals surface area contributed by atoms with Crippen molar-refractivity contribution in [2.45, 2.75) is 19.1 Å². The third-order valence-corrected chi connectivity index (χ3v) is 4.07. The van der Waals surface area contributed by atoms with E-state index in [0.29, 0.717) is 16.3 Å². The fraction of sp³-hybridized carbons (Fsp3) is 0.417. The quantitative estimate of drug-likeness (QED) is 0.875. The second-order valence-electron chi connectivity index (χ2n) is 4.27. The fourth-order valence-corrected chi connectivity index (χ4v) is 2.55. The summed E-state index contributed by atoms with van der Waals surface area (Å²) in [5.74, 6) is -1.19. The predicted molar refractivity (Wildman–Crippen MR) is 68.5 cm³/mol. The molecule has 0 radical (unpaired) electrons. The molecule has 1 unspecified atom stereocenters. The number of anilines is 1. The number of rotatable bonds is 2. The van der Waals surface area contributed by atoms with E-state index in [4.69, 9.17) is 0 Å². The Bertz CT molecular complexity index is 446. The smallest absolute Gasteiger partial charge is 0.182 e. The van der Waals surface area contributed by atoms with E-state index in [1.807, 2.05) is 0 Å². The Hall–Kier alpha value is -1.10. The van der Waals surface area contributed by atoms with Crippen LogP contribution < -0.4 is 5.32 Å². The van der Waals surface area contributed by atoms with Gasteiger partial charge in [0.05, 0.1) is 12.2 Å². The molecule has 0 aromatic heterocycles. The molecule has 0 fully saturated rings. The van der Waals surface area contributed by atoms with Crippen LogP contribution in [0.3, 0.4) is 0 Å². The summed E-state index contributed by atoms with van der Waals surface area (Å²) in [4.78, 5) is 4.28. The average Bonchev–Trinajstić information content (AvgIpc) is 2.73. The first kappa shape index (κ1) is 12.4. The maximum Gasteiger partial charge on any atom is 0.182 e. The third kappa shape index (κ3) is 2.77. The van der Waals surface area contributed by atoms with Gasteiger partial charge in [-0.3, -0.25) is 4.99 Å². The fourth-order valence-electron chi connectivity index (χ4n) is 1.52. The van der Waals surface area contributed by atoms with Crippen molar-refractivity contribution in [2.75, 3.05) is 11.9 Å². The Morgan fingerprint density at radius 3 is 2.82 bits per heavy atom. The van der Waals surface area contributed by atoms with Crippen molar-refractivity contribution < 1.29 is 8.78 Å². The lowest BCUT2D eigenvalue weighted by Gasteiger charge is -2.12. The van der Waals surface area contributed by atoms with Crippen LogP contribution in [0.5, 0.6) is 0 Å². The first-order valence-corrected chi connectivity index (χ1v) is 6.38. The van der Waals surface area contributed by atoms with E-state index in [1.165, 1.54) is 12.1 Å². The molecule has 1 aromatic rings. The number of benzene rings is 1. The maximum absolute atomic E-state index is 13.4. The molecular weight excluding hydrogens is 242 g/mol. The zero-order chi connectivity index (χ0) is 12.4. The number of nitrogens with one attached hydrogen (secondary N) is 1. The van der Waals surface area contributed by atoms with Gasteiger partial charge in [-0.05, 0) is 18.1 Å². The summed E-state index contributed by atoms with van der Waals surface area (Å²) in [6.45, 7) is 4.97. The molecule has 92 valence electrons. The Balaban J connectivity index is 2.06. The van der Waals surface area contributed by atoms with Gasteiger partial charge in [0.2, 0.25) is 0 Å². The van der Waals surface area contributed by atoms with Gasteiger partial charge in [0, 0.05) is 5.25 Å². The molecule has 1 aromatic carbocycles. The summed E-state index contributed by atoms with van der Waals surface area (Å²) in [6.07, 6.45) is 0. The molecule has 1 heterocycles. The van der Waals surface area contributed by atoms with Gasteiger partial charge in [-0.15, -0.1) is 0 Å². The van der Waals surface area contributed by atoms with E-state index >= 15 is 0 Å². The minimum atomic E-state index is -0.858. The third-order valence-electron chi connectivity index (χ3n) is 2.61. The summed E-state index contributed by atoms with van der Waals surface area (Å²) in [7, 11) is 0. The SMILES string of the molecule is CC(C)C1CN=C(Nc2cccc(F)c2F)S1. The lowest BCUT2D eigenvalue weighted by atomic mass is 10.1. The minimum absolute atomic E-state index is 0.139. The normalized spacial score (nSPS) is 19.6.